The Morgan fingerprint density at radius 3 is 2.50 bits per heavy atom. The molecule has 0 unspecified atom stereocenters. The summed E-state index contributed by atoms with van der Waals surface area (Å²) < 4.78 is 0. The second-order valence-electron chi connectivity index (χ2n) is 5.64. The molecule has 1 amide bonds. The summed E-state index contributed by atoms with van der Waals surface area (Å²) >= 11 is 0. The van der Waals surface area contributed by atoms with Crippen molar-refractivity contribution in [1.82, 2.24) is 10.2 Å². The predicted octanol–water partition coefficient (Wildman–Crippen LogP) is 2.39. The Morgan fingerprint density at radius 2 is 1.79 bits per heavy atom. The minimum Gasteiger partial charge on any atom is -0.355 e. The Morgan fingerprint density at radius 1 is 1.12 bits per heavy atom. The topological polar surface area (TPSA) is 75.5 Å². The monoisotopic (exact) mass is 327 g/mol. The molecule has 6 heteroatoms. The Hall–Kier alpha value is -2.73. The van der Waals surface area contributed by atoms with Crippen LogP contribution in [0.5, 0.6) is 0 Å². The van der Waals surface area contributed by atoms with Gasteiger partial charge in [0.05, 0.1) is 11.3 Å². The van der Waals surface area contributed by atoms with Gasteiger partial charge < -0.3 is 10.2 Å². The first-order valence-corrected chi connectivity index (χ1v) is 7.77. The number of nitro groups is 1. The maximum atomic E-state index is 12.0. The summed E-state index contributed by atoms with van der Waals surface area (Å²) in [6, 6.07) is 16.4. The van der Waals surface area contributed by atoms with Gasteiger partial charge in [0, 0.05) is 31.3 Å². The van der Waals surface area contributed by atoms with Gasteiger partial charge in [0.2, 0.25) is 5.91 Å². The Bertz CT molecular complexity index is 689. The lowest BCUT2D eigenvalue weighted by atomic mass is 10.1. The smallest absolute Gasteiger partial charge is 0.273 e. The minimum absolute atomic E-state index is 0.0134. The first-order valence-electron chi connectivity index (χ1n) is 7.77. The molecule has 6 nitrogen and oxygen atoms in total. The van der Waals surface area contributed by atoms with Gasteiger partial charge in [-0.05, 0) is 12.6 Å². The number of likely N-dealkylation sites (N-methyl/N-ethyl adjacent to an activating group) is 1. The zero-order valence-electron chi connectivity index (χ0n) is 13.6. The second-order valence-corrected chi connectivity index (χ2v) is 5.64. The molecule has 0 radical (unpaired) electrons. The number of para-hydroxylation sites is 1. The Kier molecular flexibility index (Phi) is 6.45. The zero-order valence-corrected chi connectivity index (χ0v) is 13.6. The summed E-state index contributed by atoms with van der Waals surface area (Å²) in [6.07, 6.45) is 0.0134. The third kappa shape index (κ3) is 5.48. The van der Waals surface area contributed by atoms with Gasteiger partial charge in [0.1, 0.15) is 0 Å². The minimum atomic E-state index is -0.462. The van der Waals surface area contributed by atoms with Crippen molar-refractivity contribution < 1.29 is 9.72 Å². The van der Waals surface area contributed by atoms with Gasteiger partial charge in [0.25, 0.3) is 5.69 Å². The fourth-order valence-corrected chi connectivity index (χ4v) is 2.43. The van der Waals surface area contributed by atoms with Crippen LogP contribution in [0.2, 0.25) is 0 Å². The van der Waals surface area contributed by atoms with Gasteiger partial charge in [-0.1, -0.05) is 48.5 Å². The van der Waals surface area contributed by atoms with Gasteiger partial charge in [0.15, 0.2) is 0 Å². The van der Waals surface area contributed by atoms with Crippen molar-refractivity contribution in [3.05, 3.63) is 75.8 Å². The SMILES string of the molecule is CN(CCNC(=O)Cc1ccccc1[N+](=O)[O-])Cc1ccccc1. The van der Waals surface area contributed by atoms with Crippen molar-refractivity contribution in [2.75, 3.05) is 20.1 Å². The molecule has 0 spiro atoms. The lowest BCUT2D eigenvalue weighted by Crippen LogP contribution is -2.33. The van der Waals surface area contributed by atoms with E-state index in [2.05, 4.69) is 22.3 Å². The van der Waals surface area contributed by atoms with Crippen LogP contribution in [0.3, 0.4) is 0 Å². The van der Waals surface area contributed by atoms with E-state index in [-0.39, 0.29) is 18.0 Å². The molecular weight excluding hydrogens is 306 g/mol. The normalized spacial score (nSPS) is 10.6. The second kappa shape index (κ2) is 8.79. The lowest BCUT2D eigenvalue weighted by molar-refractivity contribution is -0.385. The molecule has 0 bridgehead atoms. The van der Waals surface area contributed by atoms with E-state index in [9.17, 15) is 14.9 Å². The summed E-state index contributed by atoms with van der Waals surface area (Å²) in [5.74, 6) is -0.211. The highest BCUT2D eigenvalue weighted by molar-refractivity contribution is 5.79. The first kappa shape index (κ1) is 17.6. The van der Waals surface area contributed by atoms with E-state index in [0.29, 0.717) is 18.7 Å². The third-order valence-corrected chi connectivity index (χ3v) is 3.65. The van der Waals surface area contributed by atoms with Gasteiger partial charge in [-0.25, -0.2) is 0 Å². The molecule has 24 heavy (non-hydrogen) atoms. The van der Waals surface area contributed by atoms with Gasteiger partial charge >= 0.3 is 0 Å². The number of hydrogen-bond acceptors (Lipinski definition) is 4. The molecule has 1 N–H and O–H groups in total. The van der Waals surface area contributed by atoms with Gasteiger partial charge in [-0.2, -0.15) is 0 Å². The van der Waals surface area contributed by atoms with Crippen molar-refractivity contribution in [3.8, 4) is 0 Å². The summed E-state index contributed by atoms with van der Waals surface area (Å²) in [5, 5.41) is 13.8. The van der Waals surface area contributed by atoms with E-state index >= 15 is 0 Å². The number of rotatable bonds is 8. The third-order valence-electron chi connectivity index (χ3n) is 3.65. The standard InChI is InChI=1S/C18H21N3O3/c1-20(14-15-7-3-2-4-8-15)12-11-19-18(22)13-16-9-5-6-10-17(16)21(23)24/h2-10H,11-14H2,1H3,(H,19,22). The van der Waals surface area contributed by atoms with Gasteiger partial charge in [-0.15, -0.1) is 0 Å². The van der Waals surface area contributed by atoms with E-state index < -0.39 is 4.92 Å². The molecule has 0 aliphatic rings. The molecule has 0 aliphatic carbocycles. The first-order chi connectivity index (χ1) is 11.6. The summed E-state index contributed by atoms with van der Waals surface area (Å²) in [6.45, 7) is 2.02. The summed E-state index contributed by atoms with van der Waals surface area (Å²) in [7, 11) is 1.99. The summed E-state index contributed by atoms with van der Waals surface area (Å²) in [4.78, 5) is 24.6. The molecule has 2 rings (SSSR count). The van der Waals surface area contributed by atoms with E-state index in [4.69, 9.17) is 0 Å². The Balaban J connectivity index is 1.76. The Labute approximate surface area is 141 Å². The number of nitrogens with zero attached hydrogens (tertiary/aromatic N) is 2. The van der Waals surface area contributed by atoms with Crippen LogP contribution >= 0.6 is 0 Å². The molecule has 0 fully saturated rings. The highest BCUT2D eigenvalue weighted by Gasteiger charge is 2.15. The number of nitrogens with one attached hydrogen (secondary N) is 1. The molecule has 0 atom stereocenters. The fourth-order valence-electron chi connectivity index (χ4n) is 2.43. The summed E-state index contributed by atoms with van der Waals surface area (Å²) in [5.41, 5.74) is 1.62. The van der Waals surface area contributed by atoms with E-state index in [0.717, 1.165) is 6.54 Å². The van der Waals surface area contributed by atoms with Crippen LogP contribution in [0.15, 0.2) is 54.6 Å². The van der Waals surface area contributed by atoms with E-state index in [1.54, 1.807) is 18.2 Å². The van der Waals surface area contributed by atoms with Crippen molar-refractivity contribution in [1.29, 1.82) is 0 Å². The lowest BCUT2D eigenvalue weighted by Gasteiger charge is -2.17. The van der Waals surface area contributed by atoms with Crippen LogP contribution in [-0.4, -0.2) is 35.9 Å². The molecule has 0 aliphatic heterocycles. The van der Waals surface area contributed by atoms with Gasteiger partial charge in [-0.3, -0.25) is 14.9 Å². The van der Waals surface area contributed by atoms with Crippen LogP contribution in [0.4, 0.5) is 5.69 Å². The molecule has 2 aromatic rings. The predicted molar refractivity (Wildman–Crippen MR) is 92.6 cm³/mol. The number of amides is 1. The quantitative estimate of drug-likeness (QED) is 0.597. The zero-order chi connectivity index (χ0) is 17.4. The van der Waals surface area contributed by atoms with Crippen LogP contribution < -0.4 is 5.32 Å². The molecule has 0 saturated carbocycles. The van der Waals surface area contributed by atoms with Crippen LogP contribution in [-0.2, 0) is 17.8 Å². The largest absolute Gasteiger partial charge is 0.355 e. The van der Waals surface area contributed by atoms with Crippen LogP contribution in [0.1, 0.15) is 11.1 Å². The van der Waals surface area contributed by atoms with Crippen molar-refractivity contribution in [2.24, 2.45) is 0 Å². The molecule has 0 aromatic heterocycles. The number of hydrogen-bond donors (Lipinski definition) is 1. The number of nitro benzene ring substituents is 1. The van der Waals surface area contributed by atoms with Crippen molar-refractivity contribution in [2.45, 2.75) is 13.0 Å². The molecular formula is C18H21N3O3. The maximum absolute atomic E-state index is 12.0. The number of benzene rings is 2. The molecule has 2 aromatic carbocycles. The van der Waals surface area contributed by atoms with Crippen molar-refractivity contribution >= 4 is 11.6 Å². The molecule has 0 saturated heterocycles. The van der Waals surface area contributed by atoms with E-state index in [1.807, 2.05) is 25.2 Å². The average Bonchev–Trinajstić information content (AvgIpc) is 2.56. The highest BCUT2D eigenvalue weighted by Crippen LogP contribution is 2.17. The van der Waals surface area contributed by atoms with E-state index in [1.165, 1.54) is 11.6 Å². The molecule has 126 valence electrons. The highest BCUT2D eigenvalue weighted by atomic mass is 16.6. The molecule has 0 heterocycles. The number of carbonyl (C=O) groups is 1. The average molecular weight is 327 g/mol. The van der Waals surface area contributed by atoms with Crippen molar-refractivity contribution in [3.63, 3.8) is 0 Å². The number of carbonyl (C=O) groups excluding carboxylic acids is 1. The maximum Gasteiger partial charge on any atom is 0.273 e. The van der Waals surface area contributed by atoms with Crippen LogP contribution in [0, 0.1) is 10.1 Å². The fraction of sp³-hybridized carbons (Fsp3) is 0.278. The van der Waals surface area contributed by atoms with Crippen LogP contribution in [0.25, 0.3) is 0 Å².